The van der Waals surface area contributed by atoms with Gasteiger partial charge in [-0.3, -0.25) is 38.5 Å². The summed E-state index contributed by atoms with van der Waals surface area (Å²) in [5.74, 6) is 0.305. The molecule has 4 aliphatic rings. The Labute approximate surface area is 440 Å². The van der Waals surface area contributed by atoms with Crippen LogP contribution in [0, 0.1) is 6.57 Å². The Kier molecular flexibility index (Phi) is 22.9. The van der Waals surface area contributed by atoms with Crippen molar-refractivity contribution in [3.8, 4) is 0 Å². The number of aromatic nitrogens is 8. The predicted molar refractivity (Wildman–Crippen MR) is 287 cm³/mol. The van der Waals surface area contributed by atoms with Crippen molar-refractivity contribution in [1.29, 1.82) is 0 Å². The SMILES string of the molecule is CO[C@H]1C(O)[C@@H](CN2CCOCC2)O[C@H]1n1cnc2c(=O)[nH]c(N=CN(C)C)nc21.CP.[C-]#[N+]CCOP(OC1[C@@H](CN2CCOCC2)O[C@@H](n2cnc3c(=O)[nH]c(N=CN(C)C)nc32)[C@H]1OC)N(C(C)C)C(C)C. The number of hydrogen-bond donors (Lipinski definition) is 3. The molecule has 0 saturated carbocycles. The number of aliphatic hydroxyl groups is 1. The van der Waals surface area contributed by atoms with E-state index in [-0.39, 0.29) is 48.2 Å². The van der Waals surface area contributed by atoms with Gasteiger partial charge in [0.25, 0.3) is 19.6 Å². The molecule has 4 saturated heterocycles. The van der Waals surface area contributed by atoms with Crippen LogP contribution < -0.4 is 11.1 Å². The van der Waals surface area contributed by atoms with Crippen LogP contribution in [-0.2, 0) is 37.5 Å². The summed E-state index contributed by atoms with van der Waals surface area (Å²) >= 11 is 0. The lowest BCUT2D eigenvalue weighted by Gasteiger charge is -2.38. The van der Waals surface area contributed by atoms with Crippen molar-refractivity contribution < 1.29 is 42.6 Å². The number of nitrogens with one attached hydrogen (secondary N) is 2. The Bertz CT molecular complexity index is 2610. The van der Waals surface area contributed by atoms with Crippen LogP contribution in [0.4, 0.5) is 11.9 Å². The fourth-order valence-corrected chi connectivity index (χ4v) is 10.7. The first-order valence-electron chi connectivity index (χ1n) is 24.9. The van der Waals surface area contributed by atoms with Gasteiger partial charge in [0.2, 0.25) is 18.4 Å². The van der Waals surface area contributed by atoms with Gasteiger partial charge in [0.15, 0.2) is 34.8 Å². The van der Waals surface area contributed by atoms with E-state index in [1.54, 1.807) is 38.7 Å². The molecule has 416 valence electrons. The van der Waals surface area contributed by atoms with Gasteiger partial charge in [0.1, 0.15) is 43.2 Å². The summed E-state index contributed by atoms with van der Waals surface area (Å²) in [6.45, 7) is 24.9. The first kappa shape index (κ1) is 59.7. The Morgan fingerprint density at radius 2 is 1.24 bits per heavy atom. The van der Waals surface area contributed by atoms with Gasteiger partial charge in [0, 0.05) is 93.8 Å². The third-order valence-corrected chi connectivity index (χ3v) is 14.4. The number of aliphatic hydroxyl groups excluding tert-OH is 1. The molecule has 10 atom stereocenters. The van der Waals surface area contributed by atoms with Crippen LogP contribution in [-0.4, -0.2) is 258 Å². The highest BCUT2D eigenvalue weighted by Crippen LogP contribution is 2.50. The van der Waals surface area contributed by atoms with Crippen LogP contribution in [0.15, 0.2) is 32.2 Å². The molecule has 29 heteroatoms. The van der Waals surface area contributed by atoms with E-state index in [2.05, 4.69) is 96.1 Å². The fraction of sp³-hybridized carbons (Fsp3) is 0.717. The summed E-state index contributed by atoms with van der Waals surface area (Å²) in [4.78, 5) is 68.0. The highest BCUT2D eigenvalue weighted by Gasteiger charge is 2.51. The number of aromatic amines is 2. The third-order valence-electron chi connectivity index (χ3n) is 12.3. The molecule has 4 aromatic heterocycles. The van der Waals surface area contributed by atoms with E-state index in [9.17, 15) is 14.7 Å². The lowest BCUT2D eigenvalue weighted by atomic mass is 10.1. The zero-order valence-corrected chi connectivity index (χ0v) is 46.9. The quantitative estimate of drug-likeness (QED) is 0.0374. The topological polar surface area (TPSA) is 266 Å². The van der Waals surface area contributed by atoms with E-state index in [0.29, 0.717) is 50.8 Å². The number of fused-ring (bicyclic) bond motifs is 2. The monoisotopic (exact) mass is 1090 g/mol. The van der Waals surface area contributed by atoms with E-state index in [1.807, 2.05) is 34.9 Å². The van der Waals surface area contributed by atoms with Crippen LogP contribution in [0.5, 0.6) is 0 Å². The highest BCUT2D eigenvalue weighted by atomic mass is 31.2. The van der Waals surface area contributed by atoms with Gasteiger partial charge in [-0.2, -0.15) is 9.97 Å². The largest absolute Gasteiger partial charge is 0.387 e. The van der Waals surface area contributed by atoms with E-state index >= 15 is 0 Å². The van der Waals surface area contributed by atoms with Crippen molar-refractivity contribution in [2.24, 2.45) is 9.98 Å². The molecule has 4 fully saturated rings. The molecule has 4 aromatic rings. The van der Waals surface area contributed by atoms with Crippen molar-refractivity contribution in [3.05, 3.63) is 44.8 Å². The third kappa shape index (κ3) is 15.2. The van der Waals surface area contributed by atoms with Gasteiger partial charge in [-0.1, -0.05) is 6.66 Å². The Hall–Kier alpha value is -4.49. The van der Waals surface area contributed by atoms with E-state index in [1.165, 1.54) is 19.8 Å². The summed E-state index contributed by atoms with van der Waals surface area (Å²) in [7, 11) is 11.3. The average Bonchev–Trinajstić information content (AvgIpc) is 4.17. The summed E-state index contributed by atoms with van der Waals surface area (Å²) < 4.78 is 54.1. The molecule has 0 amide bonds. The standard InChI is InChI=1S/C27H44N9O6P.C18H27N7O5.CH5P/c1-18(2)36(19(3)4)43(40-12-9-28-5)42-22-20(15-34-10-13-39-14-11-34)41-26(23(22)38-8)35-17-29-21-24(35)31-27(32-25(21)37)30-16-33(6)7;1-23(2)9-20-18-21-15-12(16(27)22-18)19-10-25(15)17-14(28-3)13(26)11(30-17)8-24-4-6-29-7-5-24;1-2/h16-20,22-23,26H,9-15H2,1-4,6-8H3,(H,31,32,37);9-11,13-14,17,26H,4-8H2,1-3H3,(H,21,22,27);2H2,1H3/t20-,22?,23+,26-,43?;11-,13?,14+,17-;/m11./s1. The molecule has 8 rings (SSSR count). The average molecular weight is 1090 g/mol. The van der Waals surface area contributed by atoms with Crippen LogP contribution >= 0.6 is 17.8 Å². The van der Waals surface area contributed by atoms with E-state index in [4.69, 9.17) is 44.0 Å². The van der Waals surface area contributed by atoms with Gasteiger partial charge >= 0.3 is 0 Å². The number of imidazole rings is 2. The smallest absolute Gasteiger partial charge is 0.280 e. The van der Waals surface area contributed by atoms with Crippen molar-refractivity contribution >= 4 is 64.7 Å². The minimum Gasteiger partial charge on any atom is -0.387 e. The van der Waals surface area contributed by atoms with Crippen LogP contribution in [0.2, 0.25) is 0 Å². The molecule has 0 bridgehead atoms. The Morgan fingerprint density at radius 3 is 1.68 bits per heavy atom. The molecule has 27 nitrogen and oxygen atoms in total. The molecule has 0 aromatic carbocycles. The first-order chi connectivity index (χ1) is 36.1. The minimum atomic E-state index is -1.57. The molecule has 4 unspecified atom stereocenters. The highest BCUT2D eigenvalue weighted by molar-refractivity contribution is 7.44. The summed E-state index contributed by atoms with van der Waals surface area (Å²) in [6, 6.07) is 0.260. The maximum Gasteiger partial charge on any atom is 0.280 e. The first-order valence-corrected chi connectivity index (χ1v) is 27.2. The normalized spacial score (nSPS) is 25.1. The number of rotatable bonds is 20. The molecule has 0 spiro atoms. The molecular formula is C46H76N16O11P2. The number of ether oxygens (including phenoxy) is 6. The second kappa shape index (κ2) is 28.8. The predicted octanol–water partition coefficient (Wildman–Crippen LogP) is 1.69. The van der Waals surface area contributed by atoms with Gasteiger partial charge in [-0.25, -0.2) is 31.2 Å². The van der Waals surface area contributed by atoms with Crippen LogP contribution in [0.3, 0.4) is 0 Å². The summed E-state index contributed by atoms with van der Waals surface area (Å²) in [5, 5.41) is 10.8. The summed E-state index contributed by atoms with van der Waals surface area (Å²) in [6.07, 6.45) is 1.28. The number of hydrogen-bond acceptors (Lipinski definition) is 20. The summed E-state index contributed by atoms with van der Waals surface area (Å²) in [5.41, 5.74) is 0.183. The number of nitrogens with zero attached hydrogens (tertiary/aromatic N) is 14. The molecule has 8 heterocycles. The van der Waals surface area contributed by atoms with Gasteiger partial charge < -0.3 is 57.2 Å². The second-order valence-corrected chi connectivity index (χ2v) is 20.2. The second-order valence-electron chi connectivity index (χ2n) is 18.8. The van der Waals surface area contributed by atoms with Crippen LogP contribution in [0.25, 0.3) is 27.2 Å². The molecular weight excluding hydrogens is 1010 g/mol. The Balaban J connectivity index is 0.000000250. The number of methoxy groups -OCH3 is 2. The van der Waals surface area contributed by atoms with Gasteiger partial charge in [-0.15, -0.1) is 9.24 Å². The fourth-order valence-electron chi connectivity index (χ4n) is 8.94. The van der Waals surface area contributed by atoms with Crippen LogP contribution in [0.1, 0.15) is 40.2 Å². The van der Waals surface area contributed by atoms with Crippen molar-refractivity contribution in [1.82, 2.24) is 63.3 Å². The maximum atomic E-state index is 12.9. The lowest BCUT2D eigenvalue weighted by molar-refractivity contribution is -0.0604. The maximum absolute atomic E-state index is 12.9. The van der Waals surface area contributed by atoms with Crippen molar-refractivity contribution in [2.45, 2.75) is 88.9 Å². The number of H-pyrrole nitrogens is 2. The zero-order valence-electron chi connectivity index (χ0n) is 44.9. The van der Waals surface area contributed by atoms with E-state index < -0.39 is 68.7 Å². The molecule has 0 radical (unpaired) electrons. The molecule has 3 N–H and O–H groups in total. The number of morpholine rings is 2. The minimum absolute atomic E-state index is 0.130. The molecule has 75 heavy (non-hydrogen) atoms. The number of aliphatic imine (C=N–C) groups is 2. The lowest BCUT2D eigenvalue weighted by Crippen LogP contribution is -2.46. The Morgan fingerprint density at radius 1 is 0.787 bits per heavy atom. The molecule has 4 aliphatic heterocycles. The van der Waals surface area contributed by atoms with E-state index in [0.717, 1.165) is 26.2 Å². The molecule has 0 aliphatic carbocycles. The van der Waals surface area contributed by atoms with Crippen molar-refractivity contribution in [2.75, 3.05) is 128 Å². The van der Waals surface area contributed by atoms with Gasteiger partial charge in [0.05, 0.1) is 51.8 Å². The van der Waals surface area contributed by atoms with Crippen molar-refractivity contribution in [3.63, 3.8) is 0 Å². The van der Waals surface area contributed by atoms with Gasteiger partial charge in [-0.05, 0) is 27.7 Å². The zero-order chi connectivity index (χ0) is 54.3.